The molecule has 0 aliphatic heterocycles. The van der Waals surface area contributed by atoms with E-state index in [9.17, 15) is 0 Å². The highest BCUT2D eigenvalue weighted by Gasteiger charge is 2.17. The second-order valence-electron chi connectivity index (χ2n) is 6.01. The van der Waals surface area contributed by atoms with Crippen molar-refractivity contribution in [1.82, 2.24) is 14.4 Å². The largest absolute Gasteiger partial charge is 0.497 e. The van der Waals surface area contributed by atoms with Gasteiger partial charge < -0.3 is 9.47 Å². The SMILES string of the molecule is COc1ccc(-c2nc3nc(C)ccn3c2-c2cccc(OC)c2)cc1. The van der Waals surface area contributed by atoms with Crippen LogP contribution in [0.3, 0.4) is 0 Å². The summed E-state index contributed by atoms with van der Waals surface area (Å²) in [6.07, 6.45) is 2.01. The van der Waals surface area contributed by atoms with E-state index >= 15 is 0 Å². The number of aromatic nitrogens is 3. The minimum Gasteiger partial charge on any atom is -0.497 e. The average Bonchev–Trinajstić information content (AvgIpc) is 3.06. The Balaban J connectivity index is 1.98. The van der Waals surface area contributed by atoms with Gasteiger partial charge in [-0.3, -0.25) is 4.40 Å². The summed E-state index contributed by atoms with van der Waals surface area (Å²) in [4.78, 5) is 9.38. The van der Waals surface area contributed by atoms with E-state index in [1.54, 1.807) is 14.2 Å². The maximum atomic E-state index is 5.40. The summed E-state index contributed by atoms with van der Waals surface area (Å²) in [7, 11) is 3.33. The highest BCUT2D eigenvalue weighted by molar-refractivity contribution is 5.82. The lowest BCUT2D eigenvalue weighted by Gasteiger charge is -2.08. The number of rotatable bonds is 4. The highest BCUT2D eigenvalue weighted by atomic mass is 16.5. The van der Waals surface area contributed by atoms with Crippen LogP contribution in [0, 0.1) is 6.92 Å². The van der Waals surface area contributed by atoms with Crippen molar-refractivity contribution in [3.05, 3.63) is 66.5 Å². The Morgan fingerprint density at radius 3 is 2.31 bits per heavy atom. The first-order chi connectivity index (χ1) is 12.7. The van der Waals surface area contributed by atoms with E-state index in [0.29, 0.717) is 5.78 Å². The topological polar surface area (TPSA) is 48.7 Å². The Morgan fingerprint density at radius 1 is 0.808 bits per heavy atom. The van der Waals surface area contributed by atoms with E-state index in [1.807, 2.05) is 66.1 Å². The van der Waals surface area contributed by atoms with Crippen LogP contribution in [-0.4, -0.2) is 28.6 Å². The smallest absolute Gasteiger partial charge is 0.235 e. The van der Waals surface area contributed by atoms with Crippen LogP contribution in [-0.2, 0) is 0 Å². The molecule has 4 aromatic rings. The zero-order chi connectivity index (χ0) is 18.1. The minimum atomic E-state index is 0.675. The standard InChI is InChI=1S/C21H19N3O2/c1-14-11-12-24-20(16-5-4-6-18(13-16)26-3)19(23-21(24)22-14)15-7-9-17(25-2)10-8-15/h4-13H,1-3H3. The van der Waals surface area contributed by atoms with Crippen molar-refractivity contribution in [1.29, 1.82) is 0 Å². The second kappa shape index (κ2) is 6.52. The van der Waals surface area contributed by atoms with Gasteiger partial charge in [-0.25, -0.2) is 9.97 Å². The lowest BCUT2D eigenvalue weighted by atomic mass is 10.0. The molecule has 0 fully saturated rings. The Hall–Kier alpha value is -3.34. The lowest BCUT2D eigenvalue weighted by molar-refractivity contribution is 0.415. The third-order valence-corrected chi connectivity index (χ3v) is 4.34. The first-order valence-corrected chi connectivity index (χ1v) is 8.34. The highest BCUT2D eigenvalue weighted by Crippen LogP contribution is 2.34. The van der Waals surface area contributed by atoms with Crippen LogP contribution < -0.4 is 9.47 Å². The van der Waals surface area contributed by atoms with Gasteiger partial charge in [0.1, 0.15) is 11.5 Å². The van der Waals surface area contributed by atoms with Crippen LogP contribution in [0.4, 0.5) is 0 Å². The molecule has 0 saturated carbocycles. The summed E-state index contributed by atoms with van der Waals surface area (Å²) >= 11 is 0. The molecular weight excluding hydrogens is 326 g/mol. The summed E-state index contributed by atoms with van der Waals surface area (Å²) in [6, 6.07) is 17.9. The molecule has 0 aliphatic carbocycles. The quantitative estimate of drug-likeness (QED) is 0.550. The van der Waals surface area contributed by atoms with Gasteiger partial charge in [-0.1, -0.05) is 12.1 Å². The van der Waals surface area contributed by atoms with Crippen molar-refractivity contribution in [2.45, 2.75) is 6.92 Å². The molecule has 0 atom stereocenters. The zero-order valence-electron chi connectivity index (χ0n) is 14.9. The number of fused-ring (bicyclic) bond motifs is 1. The third-order valence-electron chi connectivity index (χ3n) is 4.34. The van der Waals surface area contributed by atoms with Crippen LogP contribution in [0.5, 0.6) is 11.5 Å². The zero-order valence-corrected chi connectivity index (χ0v) is 14.9. The first-order valence-electron chi connectivity index (χ1n) is 8.34. The van der Waals surface area contributed by atoms with Crippen LogP contribution in [0.15, 0.2) is 60.8 Å². The van der Waals surface area contributed by atoms with E-state index in [-0.39, 0.29) is 0 Å². The molecule has 0 aliphatic rings. The molecule has 5 nitrogen and oxygen atoms in total. The van der Waals surface area contributed by atoms with Crippen LogP contribution in [0.2, 0.25) is 0 Å². The van der Waals surface area contributed by atoms with E-state index in [2.05, 4.69) is 11.1 Å². The van der Waals surface area contributed by atoms with Gasteiger partial charge in [0, 0.05) is 23.0 Å². The van der Waals surface area contributed by atoms with Crippen LogP contribution in [0.25, 0.3) is 28.3 Å². The van der Waals surface area contributed by atoms with Gasteiger partial charge in [-0.2, -0.15) is 0 Å². The van der Waals surface area contributed by atoms with Gasteiger partial charge in [-0.05, 0) is 49.4 Å². The number of methoxy groups -OCH3 is 2. The van der Waals surface area contributed by atoms with E-state index in [0.717, 1.165) is 39.7 Å². The van der Waals surface area contributed by atoms with Crippen molar-refractivity contribution >= 4 is 5.78 Å². The van der Waals surface area contributed by atoms with Crippen molar-refractivity contribution in [3.63, 3.8) is 0 Å². The molecule has 0 unspecified atom stereocenters. The van der Waals surface area contributed by atoms with Gasteiger partial charge in [0.05, 0.1) is 25.6 Å². The number of aryl methyl sites for hydroxylation is 1. The molecule has 2 heterocycles. The normalized spacial score (nSPS) is 10.9. The lowest BCUT2D eigenvalue weighted by Crippen LogP contribution is -1.93. The number of hydrogen-bond acceptors (Lipinski definition) is 4. The maximum absolute atomic E-state index is 5.40. The van der Waals surface area contributed by atoms with Gasteiger partial charge in [0.15, 0.2) is 0 Å². The first kappa shape index (κ1) is 16.1. The predicted molar refractivity (Wildman–Crippen MR) is 102 cm³/mol. The molecule has 0 spiro atoms. The monoisotopic (exact) mass is 345 g/mol. The third kappa shape index (κ3) is 2.77. The Morgan fingerprint density at radius 2 is 1.58 bits per heavy atom. The second-order valence-corrected chi connectivity index (χ2v) is 6.01. The van der Waals surface area contributed by atoms with Crippen molar-refractivity contribution in [3.8, 4) is 34.0 Å². The fraction of sp³-hybridized carbons (Fsp3) is 0.143. The summed E-state index contributed by atoms with van der Waals surface area (Å²) in [6.45, 7) is 1.97. The summed E-state index contributed by atoms with van der Waals surface area (Å²) < 4.78 is 12.7. The van der Waals surface area contributed by atoms with Crippen LogP contribution in [0.1, 0.15) is 5.69 Å². The number of hydrogen-bond donors (Lipinski definition) is 0. The van der Waals surface area contributed by atoms with E-state index in [4.69, 9.17) is 14.5 Å². The Kier molecular flexibility index (Phi) is 4.05. The van der Waals surface area contributed by atoms with Gasteiger partial charge in [0.25, 0.3) is 0 Å². The Labute approximate surface area is 151 Å². The van der Waals surface area contributed by atoms with E-state index < -0.39 is 0 Å². The van der Waals surface area contributed by atoms with Crippen LogP contribution >= 0.6 is 0 Å². The molecule has 0 amide bonds. The molecule has 5 heteroatoms. The minimum absolute atomic E-state index is 0.675. The van der Waals surface area contributed by atoms with Gasteiger partial charge in [0.2, 0.25) is 5.78 Å². The molecule has 26 heavy (non-hydrogen) atoms. The maximum Gasteiger partial charge on any atom is 0.235 e. The van der Waals surface area contributed by atoms with Crippen molar-refractivity contribution in [2.75, 3.05) is 14.2 Å². The van der Waals surface area contributed by atoms with Crippen molar-refractivity contribution in [2.24, 2.45) is 0 Å². The van der Waals surface area contributed by atoms with Gasteiger partial charge in [-0.15, -0.1) is 0 Å². The molecule has 0 bridgehead atoms. The van der Waals surface area contributed by atoms with Gasteiger partial charge >= 0.3 is 0 Å². The summed E-state index contributed by atoms with van der Waals surface area (Å²) in [5.74, 6) is 2.29. The number of ether oxygens (including phenoxy) is 2. The average molecular weight is 345 g/mol. The Bertz CT molecular complexity index is 1070. The number of nitrogens with zero attached hydrogens (tertiary/aromatic N) is 3. The number of imidazole rings is 1. The fourth-order valence-corrected chi connectivity index (χ4v) is 3.01. The molecule has 2 aromatic carbocycles. The molecule has 4 rings (SSSR count). The number of benzene rings is 2. The molecular formula is C21H19N3O2. The summed E-state index contributed by atoms with van der Waals surface area (Å²) in [5.41, 5.74) is 4.82. The predicted octanol–water partition coefficient (Wildman–Crippen LogP) is 4.39. The molecule has 0 N–H and O–H groups in total. The van der Waals surface area contributed by atoms with Crippen molar-refractivity contribution < 1.29 is 9.47 Å². The molecule has 130 valence electrons. The molecule has 0 saturated heterocycles. The van der Waals surface area contributed by atoms with E-state index in [1.165, 1.54) is 0 Å². The fourth-order valence-electron chi connectivity index (χ4n) is 3.01. The summed E-state index contributed by atoms with van der Waals surface area (Å²) in [5, 5.41) is 0. The molecule has 0 radical (unpaired) electrons. The molecule has 2 aromatic heterocycles.